The standard InChI is InChI=1S/C20H18FN5O4/c1-26-18-17(7-4-8-22-18)29-11-15(20(26)28)24-19(27)14-9-12(10-23-25-14)30-16-6-3-2-5-13(16)21/h2-10,15,19,24,27H,11H2,1H3/t15-,19?/m0/s1. The molecule has 3 aromatic rings. The van der Waals surface area contributed by atoms with Gasteiger partial charge in [0.2, 0.25) is 5.91 Å². The van der Waals surface area contributed by atoms with E-state index < -0.39 is 18.1 Å². The van der Waals surface area contributed by atoms with E-state index >= 15 is 0 Å². The number of pyridine rings is 1. The number of para-hydroxylation sites is 1. The first-order valence-electron chi connectivity index (χ1n) is 9.07. The van der Waals surface area contributed by atoms with Gasteiger partial charge in [0.1, 0.15) is 24.1 Å². The Bertz CT molecular complexity index is 1070. The number of rotatable bonds is 5. The van der Waals surface area contributed by atoms with Crippen LogP contribution in [0.4, 0.5) is 10.2 Å². The van der Waals surface area contributed by atoms with Crippen LogP contribution in [0.2, 0.25) is 0 Å². The van der Waals surface area contributed by atoms with Crippen molar-refractivity contribution in [3.63, 3.8) is 0 Å². The van der Waals surface area contributed by atoms with Crippen molar-refractivity contribution < 1.29 is 23.8 Å². The largest absolute Gasteiger partial charge is 0.488 e. The van der Waals surface area contributed by atoms with E-state index in [9.17, 15) is 14.3 Å². The lowest BCUT2D eigenvalue weighted by atomic mass is 10.2. The van der Waals surface area contributed by atoms with Gasteiger partial charge in [-0.25, -0.2) is 9.37 Å². The van der Waals surface area contributed by atoms with Crippen LogP contribution in [-0.4, -0.2) is 45.9 Å². The molecule has 1 aromatic carbocycles. The van der Waals surface area contributed by atoms with Gasteiger partial charge >= 0.3 is 0 Å². The lowest BCUT2D eigenvalue weighted by molar-refractivity contribution is -0.121. The van der Waals surface area contributed by atoms with Crippen molar-refractivity contribution in [2.24, 2.45) is 0 Å². The number of benzene rings is 1. The molecule has 30 heavy (non-hydrogen) atoms. The number of hydrogen-bond donors (Lipinski definition) is 2. The molecule has 0 spiro atoms. The minimum atomic E-state index is -1.35. The molecule has 9 nitrogen and oxygen atoms in total. The molecule has 2 N–H and O–H groups in total. The van der Waals surface area contributed by atoms with E-state index in [0.717, 1.165) is 0 Å². The van der Waals surface area contributed by atoms with Gasteiger partial charge in [0.15, 0.2) is 29.4 Å². The van der Waals surface area contributed by atoms with Gasteiger partial charge in [-0.1, -0.05) is 12.1 Å². The Hall–Kier alpha value is -3.63. The van der Waals surface area contributed by atoms with Crippen molar-refractivity contribution in [3.05, 3.63) is 66.4 Å². The summed E-state index contributed by atoms with van der Waals surface area (Å²) >= 11 is 0. The molecule has 0 fully saturated rings. The number of hydrogen-bond acceptors (Lipinski definition) is 8. The van der Waals surface area contributed by atoms with E-state index in [0.29, 0.717) is 11.6 Å². The minimum Gasteiger partial charge on any atom is -0.488 e. The summed E-state index contributed by atoms with van der Waals surface area (Å²) in [4.78, 5) is 18.3. The summed E-state index contributed by atoms with van der Waals surface area (Å²) in [5.41, 5.74) is 0.0965. The number of nitrogens with one attached hydrogen (secondary N) is 1. The molecule has 1 aliphatic rings. The maximum atomic E-state index is 13.8. The maximum Gasteiger partial charge on any atom is 0.248 e. The summed E-state index contributed by atoms with van der Waals surface area (Å²) in [6.45, 7) is -0.0161. The second-order valence-electron chi connectivity index (χ2n) is 6.50. The minimum absolute atomic E-state index is 0.0122. The molecule has 1 amide bonds. The molecule has 154 valence electrons. The number of carbonyl (C=O) groups excluding carboxylic acids is 1. The van der Waals surface area contributed by atoms with Gasteiger partial charge in [0.05, 0.1) is 6.20 Å². The Morgan fingerprint density at radius 1 is 1.33 bits per heavy atom. The number of nitrogens with zero attached hydrogens (tertiary/aromatic N) is 4. The van der Waals surface area contributed by atoms with E-state index in [1.54, 1.807) is 37.5 Å². The number of ether oxygens (including phenoxy) is 2. The Morgan fingerprint density at radius 3 is 3.00 bits per heavy atom. The van der Waals surface area contributed by atoms with Gasteiger partial charge < -0.3 is 14.6 Å². The third-order valence-corrected chi connectivity index (χ3v) is 4.45. The third kappa shape index (κ3) is 4.04. The van der Waals surface area contributed by atoms with Gasteiger partial charge in [0.25, 0.3) is 0 Å². The number of aliphatic hydroxyl groups excluding tert-OH is 1. The number of fused-ring (bicyclic) bond motifs is 1. The Labute approximate surface area is 171 Å². The monoisotopic (exact) mass is 411 g/mol. The fourth-order valence-electron chi connectivity index (χ4n) is 2.93. The molecule has 0 saturated carbocycles. The highest BCUT2D eigenvalue weighted by atomic mass is 19.1. The Kier molecular flexibility index (Phi) is 5.50. The van der Waals surface area contributed by atoms with Crippen molar-refractivity contribution in [2.75, 3.05) is 18.6 Å². The molecule has 2 atom stereocenters. The highest BCUT2D eigenvalue weighted by Crippen LogP contribution is 2.28. The van der Waals surface area contributed by atoms with Crippen LogP contribution in [0, 0.1) is 5.82 Å². The number of anilines is 1. The average Bonchev–Trinajstić information content (AvgIpc) is 2.88. The first-order valence-corrected chi connectivity index (χ1v) is 9.07. The number of aliphatic hydroxyl groups is 1. The normalized spacial score (nSPS) is 17.0. The predicted molar refractivity (Wildman–Crippen MR) is 104 cm³/mol. The SMILES string of the molecule is CN1C(=O)[C@@H](NC(O)c2cc(Oc3ccccc3F)cnn2)COc2cccnc21. The molecule has 0 bridgehead atoms. The summed E-state index contributed by atoms with van der Waals surface area (Å²) in [6.07, 6.45) is 1.51. The zero-order chi connectivity index (χ0) is 21.1. The summed E-state index contributed by atoms with van der Waals surface area (Å²) < 4.78 is 24.9. The van der Waals surface area contributed by atoms with Crippen LogP contribution in [0.3, 0.4) is 0 Å². The first kappa shape index (κ1) is 19.7. The summed E-state index contributed by atoms with van der Waals surface area (Å²) in [5, 5.41) is 21.0. The zero-order valence-electron chi connectivity index (χ0n) is 15.9. The molecule has 0 aliphatic carbocycles. The third-order valence-electron chi connectivity index (χ3n) is 4.45. The number of amides is 1. The average molecular weight is 411 g/mol. The number of carbonyl (C=O) groups is 1. The molecule has 1 unspecified atom stereocenters. The van der Waals surface area contributed by atoms with Crippen molar-refractivity contribution >= 4 is 11.7 Å². The molecule has 3 heterocycles. The van der Waals surface area contributed by atoms with Gasteiger partial charge in [-0.05, 0) is 24.3 Å². The molecule has 2 aromatic heterocycles. The van der Waals surface area contributed by atoms with Gasteiger partial charge in [0, 0.05) is 19.3 Å². The van der Waals surface area contributed by atoms with Crippen LogP contribution in [0.5, 0.6) is 17.2 Å². The molecular weight excluding hydrogens is 393 g/mol. The molecule has 10 heteroatoms. The molecule has 1 aliphatic heterocycles. The second-order valence-corrected chi connectivity index (χ2v) is 6.50. The van der Waals surface area contributed by atoms with Crippen molar-refractivity contribution in [3.8, 4) is 17.2 Å². The van der Waals surface area contributed by atoms with Gasteiger partial charge in [-0.3, -0.25) is 15.0 Å². The predicted octanol–water partition coefficient (Wildman–Crippen LogP) is 1.81. The lowest BCUT2D eigenvalue weighted by Crippen LogP contribution is -2.48. The summed E-state index contributed by atoms with van der Waals surface area (Å²) in [7, 11) is 1.58. The highest BCUT2D eigenvalue weighted by molar-refractivity contribution is 5.97. The molecule has 0 saturated heterocycles. The van der Waals surface area contributed by atoms with Crippen LogP contribution in [0.1, 0.15) is 11.9 Å². The fraction of sp³-hybridized carbons (Fsp3) is 0.200. The quantitative estimate of drug-likeness (QED) is 0.612. The maximum absolute atomic E-state index is 13.8. The number of aromatic nitrogens is 3. The number of likely N-dealkylation sites (N-methyl/N-ethyl adjacent to an activating group) is 1. The smallest absolute Gasteiger partial charge is 0.248 e. The van der Waals surface area contributed by atoms with E-state index in [1.165, 1.54) is 29.3 Å². The first-order chi connectivity index (χ1) is 14.5. The van der Waals surface area contributed by atoms with Gasteiger partial charge in [-0.15, -0.1) is 0 Å². The molecule has 4 rings (SSSR count). The zero-order valence-corrected chi connectivity index (χ0v) is 15.9. The Morgan fingerprint density at radius 2 is 2.17 bits per heavy atom. The second kappa shape index (κ2) is 8.39. The Balaban J connectivity index is 1.48. The van der Waals surface area contributed by atoms with E-state index in [4.69, 9.17) is 9.47 Å². The van der Waals surface area contributed by atoms with Crippen LogP contribution in [0.15, 0.2) is 54.9 Å². The lowest BCUT2D eigenvalue weighted by Gasteiger charge is -2.22. The molecular formula is C20H18FN5O4. The summed E-state index contributed by atoms with van der Waals surface area (Å²) in [6, 6.07) is 9.86. The topological polar surface area (TPSA) is 110 Å². The van der Waals surface area contributed by atoms with Crippen LogP contribution in [-0.2, 0) is 4.79 Å². The molecule has 0 radical (unpaired) electrons. The fourth-order valence-corrected chi connectivity index (χ4v) is 2.93. The van der Waals surface area contributed by atoms with Gasteiger partial charge in [-0.2, -0.15) is 10.2 Å². The summed E-state index contributed by atoms with van der Waals surface area (Å²) in [5.74, 6) is 0.181. The van der Waals surface area contributed by atoms with Crippen LogP contribution < -0.4 is 19.7 Å². The number of halogens is 1. The van der Waals surface area contributed by atoms with E-state index in [1.807, 2.05) is 0 Å². The van der Waals surface area contributed by atoms with Crippen molar-refractivity contribution in [1.82, 2.24) is 20.5 Å². The van der Waals surface area contributed by atoms with Crippen LogP contribution in [0.25, 0.3) is 0 Å². The van der Waals surface area contributed by atoms with E-state index in [2.05, 4.69) is 20.5 Å². The van der Waals surface area contributed by atoms with Crippen molar-refractivity contribution in [1.29, 1.82) is 0 Å². The highest BCUT2D eigenvalue weighted by Gasteiger charge is 2.32. The van der Waals surface area contributed by atoms with Crippen molar-refractivity contribution in [2.45, 2.75) is 12.3 Å². The van der Waals surface area contributed by atoms with Crippen LogP contribution >= 0.6 is 0 Å². The van der Waals surface area contributed by atoms with E-state index in [-0.39, 0.29) is 29.7 Å².